The van der Waals surface area contributed by atoms with Gasteiger partial charge in [0.25, 0.3) is 0 Å². The maximum absolute atomic E-state index is 8.99. The van der Waals surface area contributed by atoms with E-state index in [2.05, 4.69) is 21.6 Å². The molecule has 1 saturated heterocycles. The molecule has 0 aromatic carbocycles. The molecule has 17 heavy (non-hydrogen) atoms. The maximum Gasteiger partial charge on any atom is 0.169 e. The highest BCUT2D eigenvalue weighted by Gasteiger charge is 2.18. The molecule has 1 N–H and O–H groups in total. The van der Waals surface area contributed by atoms with Gasteiger partial charge in [0.05, 0.1) is 24.5 Å². The van der Waals surface area contributed by atoms with Crippen molar-refractivity contribution < 1.29 is 4.74 Å². The van der Waals surface area contributed by atoms with Gasteiger partial charge in [-0.15, -0.1) is 5.10 Å². The van der Waals surface area contributed by atoms with Crippen molar-refractivity contribution in [1.82, 2.24) is 15.5 Å². The molecular formula is C11H15N5O. The Morgan fingerprint density at radius 1 is 1.71 bits per heavy atom. The molecular weight excluding hydrogens is 218 g/mol. The lowest BCUT2D eigenvalue weighted by molar-refractivity contribution is 0.0339. The SMILES string of the molecule is CN(CC1CNCCO1)c1nnccc1C#N. The zero-order valence-corrected chi connectivity index (χ0v) is 9.76. The van der Waals surface area contributed by atoms with Crippen LogP contribution in [0.2, 0.25) is 0 Å². The van der Waals surface area contributed by atoms with Gasteiger partial charge in [-0.1, -0.05) is 0 Å². The largest absolute Gasteiger partial charge is 0.374 e. The van der Waals surface area contributed by atoms with Gasteiger partial charge in [0.1, 0.15) is 6.07 Å². The lowest BCUT2D eigenvalue weighted by atomic mass is 10.2. The van der Waals surface area contributed by atoms with E-state index in [0.717, 1.165) is 19.7 Å². The summed E-state index contributed by atoms with van der Waals surface area (Å²) in [5, 5.41) is 20.1. The van der Waals surface area contributed by atoms with Gasteiger partial charge in [0.2, 0.25) is 0 Å². The van der Waals surface area contributed by atoms with E-state index in [1.165, 1.54) is 6.20 Å². The molecule has 1 atom stereocenters. The fourth-order valence-corrected chi connectivity index (χ4v) is 1.82. The van der Waals surface area contributed by atoms with Crippen LogP contribution >= 0.6 is 0 Å². The van der Waals surface area contributed by atoms with Gasteiger partial charge in [0, 0.05) is 26.7 Å². The van der Waals surface area contributed by atoms with Crippen LogP contribution in [0.3, 0.4) is 0 Å². The third-order valence-corrected chi connectivity index (χ3v) is 2.67. The molecule has 90 valence electrons. The molecule has 1 aliphatic rings. The zero-order chi connectivity index (χ0) is 12.1. The van der Waals surface area contributed by atoms with E-state index < -0.39 is 0 Å². The highest BCUT2D eigenvalue weighted by atomic mass is 16.5. The Morgan fingerprint density at radius 3 is 3.29 bits per heavy atom. The molecule has 0 radical (unpaired) electrons. The van der Waals surface area contributed by atoms with Crippen LogP contribution in [0.5, 0.6) is 0 Å². The van der Waals surface area contributed by atoms with Crippen LogP contribution in [0.15, 0.2) is 12.3 Å². The first-order valence-electron chi connectivity index (χ1n) is 5.56. The Labute approximate surface area is 100 Å². The van der Waals surface area contributed by atoms with Crippen LogP contribution in [0.25, 0.3) is 0 Å². The van der Waals surface area contributed by atoms with Gasteiger partial charge < -0.3 is 15.0 Å². The van der Waals surface area contributed by atoms with E-state index >= 15 is 0 Å². The molecule has 1 aliphatic heterocycles. The molecule has 0 saturated carbocycles. The monoisotopic (exact) mass is 233 g/mol. The van der Waals surface area contributed by atoms with Crippen LogP contribution in [-0.2, 0) is 4.74 Å². The van der Waals surface area contributed by atoms with Gasteiger partial charge in [-0.2, -0.15) is 10.4 Å². The first-order chi connectivity index (χ1) is 8.31. The summed E-state index contributed by atoms with van der Waals surface area (Å²) in [7, 11) is 1.89. The molecule has 1 fully saturated rings. The minimum Gasteiger partial charge on any atom is -0.374 e. The summed E-state index contributed by atoms with van der Waals surface area (Å²) in [6.45, 7) is 3.14. The second kappa shape index (κ2) is 5.57. The third-order valence-electron chi connectivity index (χ3n) is 2.67. The number of nitriles is 1. The van der Waals surface area contributed by atoms with Crippen molar-refractivity contribution in [1.29, 1.82) is 5.26 Å². The number of nitrogens with one attached hydrogen (secondary N) is 1. The number of ether oxygens (including phenoxy) is 1. The highest BCUT2D eigenvalue weighted by Crippen LogP contribution is 2.14. The molecule has 1 unspecified atom stereocenters. The smallest absolute Gasteiger partial charge is 0.169 e. The first kappa shape index (κ1) is 11.8. The van der Waals surface area contributed by atoms with E-state index in [9.17, 15) is 0 Å². The summed E-state index contributed by atoms with van der Waals surface area (Å²) in [5.41, 5.74) is 0.534. The number of hydrogen-bond donors (Lipinski definition) is 1. The lowest BCUT2D eigenvalue weighted by Gasteiger charge is -2.28. The molecule has 6 heteroatoms. The van der Waals surface area contributed by atoms with Crippen LogP contribution in [0.1, 0.15) is 5.56 Å². The Hall–Kier alpha value is -1.71. The summed E-state index contributed by atoms with van der Waals surface area (Å²) in [4.78, 5) is 1.91. The Bertz CT molecular complexity index is 411. The minimum absolute atomic E-state index is 0.127. The quantitative estimate of drug-likeness (QED) is 0.777. The zero-order valence-electron chi connectivity index (χ0n) is 9.76. The van der Waals surface area contributed by atoms with E-state index in [4.69, 9.17) is 10.00 Å². The summed E-state index contributed by atoms with van der Waals surface area (Å²) >= 11 is 0. The molecule has 6 nitrogen and oxygen atoms in total. The predicted molar refractivity (Wildman–Crippen MR) is 62.6 cm³/mol. The van der Waals surface area contributed by atoms with Gasteiger partial charge in [-0.3, -0.25) is 0 Å². The first-order valence-corrected chi connectivity index (χ1v) is 5.56. The number of nitrogens with zero attached hydrogens (tertiary/aromatic N) is 4. The number of rotatable bonds is 3. The lowest BCUT2D eigenvalue weighted by Crippen LogP contribution is -2.44. The van der Waals surface area contributed by atoms with Crippen molar-refractivity contribution in [3.8, 4) is 6.07 Å². The minimum atomic E-state index is 0.127. The molecule has 0 bridgehead atoms. The molecule has 0 amide bonds. The number of anilines is 1. The number of likely N-dealkylation sites (N-methyl/N-ethyl adjacent to an activating group) is 1. The second-order valence-electron chi connectivity index (χ2n) is 3.96. The average molecular weight is 233 g/mol. The summed E-state index contributed by atoms with van der Waals surface area (Å²) in [6.07, 6.45) is 1.65. The van der Waals surface area contributed by atoms with Crippen molar-refractivity contribution in [3.63, 3.8) is 0 Å². The molecule has 1 aromatic rings. The summed E-state index contributed by atoms with van der Waals surface area (Å²) in [6, 6.07) is 3.78. The Kier molecular flexibility index (Phi) is 3.85. The predicted octanol–water partition coefficient (Wildman–Crippen LogP) is -0.227. The topological polar surface area (TPSA) is 74.1 Å². The second-order valence-corrected chi connectivity index (χ2v) is 3.96. The molecule has 0 spiro atoms. The van der Waals surface area contributed by atoms with E-state index in [1.54, 1.807) is 6.07 Å². The van der Waals surface area contributed by atoms with Crippen LogP contribution < -0.4 is 10.2 Å². The van der Waals surface area contributed by atoms with Crippen LogP contribution in [0.4, 0.5) is 5.82 Å². The van der Waals surface area contributed by atoms with Gasteiger partial charge in [0.15, 0.2) is 5.82 Å². The van der Waals surface area contributed by atoms with Gasteiger partial charge >= 0.3 is 0 Å². The molecule has 2 heterocycles. The van der Waals surface area contributed by atoms with Crippen molar-refractivity contribution in [2.24, 2.45) is 0 Å². The normalized spacial score (nSPS) is 19.6. The van der Waals surface area contributed by atoms with Crippen LogP contribution in [0, 0.1) is 11.3 Å². The fraction of sp³-hybridized carbons (Fsp3) is 0.545. The summed E-state index contributed by atoms with van der Waals surface area (Å²) < 4.78 is 5.61. The van der Waals surface area contributed by atoms with Crippen molar-refractivity contribution in [3.05, 3.63) is 17.8 Å². The van der Waals surface area contributed by atoms with E-state index in [-0.39, 0.29) is 6.10 Å². The molecule has 0 aliphatic carbocycles. The molecule has 2 rings (SSSR count). The maximum atomic E-state index is 8.99. The Balaban J connectivity index is 2.03. The number of morpholine rings is 1. The average Bonchev–Trinajstić information content (AvgIpc) is 2.40. The summed E-state index contributed by atoms with van der Waals surface area (Å²) in [5.74, 6) is 0.601. The van der Waals surface area contributed by atoms with Gasteiger partial charge in [-0.05, 0) is 6.07 Å². The fourth-order valence-electron chi connectivity index (χ4n) is 1.82. The highest BCUT2D eigenvalue weighted by molar-refractivity contribution is 5.51. The van der Waals surface area contributed by atoms with Crippen LogP contribution in [-0.4, -0.2) is 49.6 Å². The number of aromatic nitrogens is 2. The van der Waals surface area contributed by atoms with Gasteiger partial charge in [-0.25, -0.2) is 0 Å². The number of hydrogen-bond acceptors (Lipinski definition) is 6. The van der Waals surface area contributed by atoms with Crippen molar-refractivity contribution in [2.45, 2.75) is 6.10 Å². The Morgan fingerprint density at radius 2 is 2.59 bits per heavy atom. The third kappa shape index (κ3) is 2.90. The van der Waals surface area contributed by atoms with Crippen molar-refractivity contribution in [2.75, 3.05) is 38.2 Å². The van der Waals surface area contributed by atoms with E-state index in [0.29, 0.717) is 17.9 Å². The molecule has 1 aromatic heterocycles. The van der Waals surface area contributed by atoms with Crippen molar-refractivity contribution >= 4 is 5.82 Å². The van der Waals surface area contributed by atoms with E-state index in [1.807, 2.05) is 11.9 Å². The standard InChI is InChI=1S/C11H15N5O/c1-16(8-10-7-13-4-5-17-10)11-9(6-12)2-3-14-15-11/h2-3,10,13H,4-5,7-8H2,1H3.